The fourth-order valence-corrected chi connectivity index (χ4v) is 5.05. The lowest BCUT2D eigenvalue weighted by molar-refractivity contribution is -0.120. The summed E-state index contributed by atoms with van der Waals surface area (Å²) in [7, 11) is 0. The summed E-state index contributed by atoms with van der Waals surface area (Å²) in [5, 5.41) is 27.7. The summed E-state index contributed by atoms with van der Waals surface area (Å²) in [5.41, 5.74) is 1.74. The van der Waals surface area contributed by atoms with Crippen molar-refractivity contribution in [1.82, 2.24) is 10.6 Å². The normalized spacial score (nSPS) is 24.4. The van der Waals surface area contributed by atoms with E-state index < -0.39 is 18.9 Å². The highest BCUT2D eigenvalue weighted by Gasteiger charge is 2.42. The largest absolute Gasteiger partial charge is 0.388 e. The van der Waals surface area contributed by atoms with Crippen LogP contribution in [-0.4, -0.2) is 41.4 Å². The summed E-state index contributed by atoms with van der Waals surface area (Å²) in [6.07, 6.45) is 1.70. The molecule has 0 saturated carbocycles. The molecule has 2 aromatic rings. The Morgan fingerprint density at radius 1 is 0.909 bits per heavy atom. The number of aliphatic hydroxyl groups excluding tert-OH is 2. The van der Waals surface area contributed by atoms with E-state index in [4.69, 9.17) is 0 Å². The van der Waals surface area contributed by atoms with Crippen molar-refractivity contribution in [3.8, 4) is 0 Å². The maximum atomic E-state index is 14.0. The molecule has 1 heterocycles. The summed E-state index contributed by atoms with van der Waals surface area (Å²) < 4.78 is 14.0. The highest BCUT2D eigenvalue weighted by molar-refractivity contribution is 5.75. The van der Waals surface area contributed by atoms with Crippen molar-refractivity contribution in [2.45, 2.75) is 63.3 Å². The Hall–Kier alpha value is -2.28. The first-order valence-electron chi connectivity index (χ1n) is 12.1. The van der Waals surface area contributed by atoms with E-state index in [9.17, 15) is 19.4 Å². The summed E-state index contributed by atoms with van der Waals surface area (Å²) >= 11 is 0. The van der Waals surface area contributed by atoms with E-state index in [0.717, 1.165) is 11.1 Å². The second kappa shape index (κ2) is 12.8. The molecule has 2 aromatic carbocycles. The van der Waals surface area contributed by atoms with Gasteiger partial charge in [0.1, 0.15) is 6.67 Å². The van der Waals surface area contributed by atoms with Crippen molar-refractivity contribution < 1.29 is 19.4 Å². The van der Waals surface area contributed by atoms with Gasteiger partial charge >= 0.3 is 0 Å². The number of alkyl halides is 1. The summed E-state index contributed by atoms with van der Waals surface area (Å²) in [4.78, 5) is 11.8. The van der Waals surface area contributed by atoms with Gasteiger partial charge in [-0.25, -0.2) is 4.39 Å². The Balaban J connectivity index is 1.69. The topological polar surface area (TPSA) is 81.6 Å². The minimum absolute atomic E-state index is 0.0138. The van der Waals surface area contributed by atoms with Gasteiger partial charge in [0.2, 0.25) is 5.91 Å². The molecule has 0 aliphatic carbocycles. The number of nitrogens with one attached hydrogen (secondary N) is 2. The molecule has 0 spiro atoms. The Morgan fingerprint density at radius 3 is 1.85 bits per heavy atom. The molecule has 1 saturated heterocycles. The van der Waals surface area contributed by atoms with Gasteiger partial charge in [-0.3, -0.25) is 4.79 Å². The van der Waals surface area contributed by atoms with Crippen LogP contribution in [0, 0.1) is 11.8 Å². The maximum absolute atomic E-state index is 14.0. The standard InChI is InChI=1S/C27H37FN2O3/c1-2-27(33)29-18-24-22(14-16-26(32)20-11-7-4-8-12-20)21(23(17-28)30-24)13-15-25(31)19-9-5-3-6-10-19/h3-12,21-26,30-32H,2,13-18H2,1H3,(H,29,33)/t21-,22-,23-,24+,25?,26?/m1/s1. The van der Waals surface area contributed by atoms with Crippen LogP contribution < -0.4 is 10.6 Å². The minimum Gasteiger partial charge on any atom is -0.388 e. The number of amides is 1. The van der Waals surface area contributed by atoms with Crippen LogP contribution in [0.15, 0.2) is 60.7 Å². The molecule has 3 rings (SSSR count). The first-order chi connectivity index (χ1) is 16.0. The third-order valence-electron chi connectivity index (χ3n) is 6.93. The first kappa shape index (κ1) is 25.3. The van der Waals surface area contributed by atoms with Gasteiger partial charge in [0, 0.05) is 25.0 Å². The van der Waals surface area contributed by atoms with Gasteiger partial charge in [-0.15, -0.1) is 0 Å². The summed E-state index contributed by atoms with van der Waals surface area (Å²) in [6.45, 7) is 1.75. The molecule has 180 valence electrons. The number of carbonyl (C=O) groups excluding carboxylic acids is 1. The van der Waals surface area contributed by atoms with Crippen LogP contribution >= 0.6 is 0 Å². The number of hydrogen-bond donors (Lipinski definition) is 4. The van der Waals surface area contributed by atoms with E-state index in [1.807, 2.05) is 67.6 Å². The molecule has 0 radical (unpaired) electrons. The van der Waals surface area contributed by atoms with Crippen molar-refractivity contribution in [3.63, 3.8) is 0 Å². The van der Waals surface area contributed by atoms with Gasteiger partial charge in [0.15, 0.2) is 0 Å². The fraction of sp³-hybridized carbons (Fsp3) is 0.519. The van der Waals surface area contributed by atoms with E-state index in [0.29, 0.717) is 38.6 Å². The van der Waals surface area contributed by atoms with Crippen LogP contribution in [0.3, 0.4) is 0 Å². The van der Waals surface area contributed by atoms with Crippen molar-refractivity contribution in [3.05, 3.63) is 71.8 Å². The van der Waals surface area contributed by atoms with E-state index in [1.54, 1.807) is 0 Å². The van der Waals surface area contributed by atoms with E-state index in [1.165, 1.54) is 0 Å². The van der Waals surface area contributed by atoms with Crippen LogP contribution in [0.25, 0.3) is 0 Å². The molecular weight excluding hydrogens is 419 g/mol. The van der Waals surface area contributed by atoms with Gasteiger partial charge in [-0.05, 0) is 48.6 Å². The Labute approximate surface area is 196 Å². The van der Waals surface area contributed by atoms with Crippen LogP contribution in [0.5, 0.6) is 0 Å². The van der Waals surface area contributed by atoms with Crippen molar-refractivity contribution in [1.29, 1.82) is 0 Å². The Bertz CT molecular complexity index is 836. The number of halogens is 1. The highest BCUT2D eigenvalue weighted by atomic mass is 19.1. The molecule has 0 bridgehead atoms. The lowest BCUT2D eigenvalue weighted by Crippen LogP contribution is -2.42. The molecule has 4 N–H and O–H groups in total. The molecule has 0 aromatic heterocycles. The quantitative estimate of drug-likeness (QED) is 0.388. The average molecular weight is 457 g/mol. The molecule has 1 fully saturated rings. The number of benzene rings is 2. The van der Waals surface area contributed by atoms with E-state index in [-0.39, 0.29) is 29.8 Å². The molecule has 1 amide bonds. The predicted molar refractivity (Wildman–Crippen MR) is 128 cm³/mol. The zero-order valence-corrected chi connectivity index (χ0v) is 19.4. The van der Waals surface area contributed by atoms with Crippen molar-refractivity contribution in [2.75, 3.05) is 13.2 Å². The van der Waals surface area contributed by atoms with Gasteiger partial charge < -0.3 is 20.8 Å². The molecule has 6 heteroatoms. The molecule has 2 unspecified atom stereocenters. The van der Waals surface area contributed by atoms with Crippen LogP contribution in [0.2, 0.25) is 0 Å². The number of aliphatic hydroxyl groups is 2. The Kier molecular flexibility index (Phi) is 9.85. The van der Waals surface area contributed by atoms with Gasteiger partial charge in [0.25, 0.3) is 0 Å². The summed E-state index contributed by atoms with van der Waals surface area (Å²) in [5.74, 6) is 0.0729. The van der Waals surface area contributed by atoms with Crippen LogP contribution in [-0.2, 0) is 4.79 Å². The molecular formula is C27H37FN2O3. The van der Waals surface area contributed by atoms with Crippen molar-refractivity contribution >= 4 is 5.91 Å². The van der Waals surface area contributed by atoms with Gasteiger partial charge in [-0.2, -0.15) is 0 Å². The third kappa shape index (κ3) is 7.10. The molecule has 1 aliphatic heterocycles. The molecule has 5 nitrogen and oxygen atoms in total. The minimum atomic E-state index is -0.596. The van der Waals surface area contributed by atoms with Crippen LogP contribution in [0.4, 0.5) is 4.39 Å². The van der Waals surface area contributed by atoms with E-state index >= 15 is 0 Å². The second-order valence-electron chi connectivity index (χ2n) is 9.03. The monoisotopic (exact) mass is 456 g/mol. The molecule has 1 aliphatic rings. The SMILES string of the molecule is CCC(=O)NC[C@@H]1N[C@H](CF)[C@H](CCC(O)c2ccccc2)[C@H]1CCC(O)c1ccccc1. The molecule has 6 atom stereocenters. The third-order valence-corrected chi connectivity index (χ3v) is 6.93. The number of hydrogen-bond acceptors (Lipinski definition) is 4. The Morgan fingerprint density at radius 2 is 1.39 bits per heavy atom. The predicted octanol–water partition coefficient (Wildman–Crippen LogP) is 4.08. The number of rotatable bonds is 12. The lowest BCUT2D eigenvalue weighted by Gasteiger charge is -2.27. The lowest BCUT2D eigenvalue weighted by atomic mass is 9.79. The highest BCUT2D eigenvalue weighted by Crippen LogP contribution is 2.38. The fourth-order valence-electron chi connectivity index (χ4n) is 5.05. The van der Waals surface area contributed by atoms with E-state index in [2.05, 4.69) is 10.6 Å². The maximum Gasteiger partial charge on any atom is 0.219 e. The zero-order valence-electron chi connectivity index (χ0n) is 19.4. The number of carbonyl (C=O) groups is 1. The average Bonchev–Trinajstić information content (AvgIpc) is 3.21. The second-order valence-corrected chi connectivity index (χ2v) is 9.03. The van der Waals surface area contributed by atoms with Gasteiger partial charge in [0.05, 0.1) is 12.2 Å². The zero-order chi connectivity index (χ0) is 23.6. The van der Waals surface area contributed by atoms with Gasteiger partial charge in [-0.1, -0.05) is 67.6 Å². The first-order valence-corrected chi connectivity index (χ1v) is 12.1. The molecule has 33 heavy (non-hydrogen) atoms. The summed E-state index contributed by atoms with van der Waals surface area (Å²) in [6, 6.07) is 18.7. The van der Waals surface area contributed by atoms with Crippen molar-refractivity contribution in [2.24, 2.45) is 11.8 Å². The smallest absolute Gasteiger partial charge is 0.219 e. The van der Waals surface area contributed by atoms with Crippen LogP contribution in [0.1, 0.15) is 62.4 Å².